The number of ether oxygens (including phenoxy) is 1. The Hall–Kier alpha value is -1.27. The predicted octanol–water partition coefficient (Wildman–Crippen LogP) is 2.99. The van der Waals surface area contributed by atoms with Crippen LogP contribution in [0, 0.1) is 5.92 Å². The maximum Gasteiger partial charge on any atom is 0.319 e. The van der Waals surface area contributed by atoms with Gasteiger partial charge in [0.25, 0.3) is 0 Å². The Kier molecular flexibility index (Phi) is 6.81. The van der Waals surface area contributed by atoms with E-state index in [0.717, 1.165) is 10.9 Å². The first-order valence-corrected chi connectivity index (χ1v) is 7.27. The van der Waals surface area contributed by atoms with Gasteiger partial charge in [-0.1, -0.05) is 29.8 Å². The Balaban J connectivity index is 2.68. The van der Waals surface area contributed by atoms with E-state index in [2.05, 4.69) is 26.6 Å². The number of halogens is 1. The molecule has 0 saturated heterocycles. The van der Waals surface area contributed by atoms with Crippen molar-refractivity contribution in [3.8, 4) is 5.75 Å². The van der Waals surface area contributed by atoms with Crippen LogP contribution in [0.5, 0.6) is 5.75 Å². The van der Waals surface area contributed by atoms with E-state index < -0.39 is 0 Å². The number of carbonyl (C=O) groups excluding carboxylic acids is 1. The van der Waals surface area contributed by atoms with E-state index in [1.165, 1.54) is 0 Å². The van der Waals surface area contributed by atoms with Crippen molar-refractivity contribution in [1.29, 1.82) is 0 Å². The summed E-state index contributed by atoms with van der Waals surface area (Å²) in [5.41, 5.74) is 0.570. The molecule has 20 heavy (non-hydrogen) atoms. The maximum absolute atomic E-state index is 11.9. The second kappa shape index (κ2) is 8.11. The fourth-order valence-electron chi connectivity index (χ4n) is 1.87. The van der Waals surface area contributed by atoms with E-state index >= 15 is 0 Å². The highest BCUT2D eigenvalue weighted by Crippen LogP contribution is 2.27. The van der Waals surface area contributed by atoms with Crippen molar-refractivity contribution >= 4 is 27.6 Å². The van der Waals surface area contributed by atoms with E-state index in [1.54, 1.807) is 19.2 Å². The average molecular weight is 345 g/mol. The number of amides is 2. The first-order chi connectivity index (χ1) is 9.46. The summed E-state index contributed by atoms with van der Waals surface area (Å²) in [6.45, 7) is 4.00. The third-order valence-corrected chi connectivity index (χ3v) is 3.21. The number of hydrogen-bond acceptors (Lipinski definition) is 3. The molecular formula is C14H21BrN2O3. The Morgan fingerprint density at radius 2 is 2.15 bits per heavy atom. The molecule has 0 aliphatic carbocycles. The zero-order chi connectivity index (χ0) is 15.1. The summed E-state index contributed by atoms with van der Waals surface area (Å²) in [6.07, 6.45) is 0.722. The Morgan fingerprint density at radius 3 is 2.70 bits per heavy atom. The summed E-state index contributed by atoms with van der Waals surface area (Å²) in [4.78, 5) is 11.9. The van der Waals surface area contributed by atoms with Crippen molar-refractivity contribution in [1.82, 2.24) is 5.32 Å². The molecule has 1 rings (SSSR count). The summed E-state index contributed by atoms with van der Waals surface area (Å²) in [5, 5.41) is 14.7. The van der Waals surface area contributed by atoms with Crippen LogP contribution in [0.15, 0.2) is 22.7 Å². The van der Waals surface area contributed by atoms with E-state index in [-0.39, 0.29) is 18.7 Å². The van der Waals surface area contributed by atoms with Crippen LogP contribution in [-0.2, 0) is 0 Å². The van der Waals surface area contributed by atoms with Crippen molar-refractivity contribution in [2.45, 2.75) is 26.3 Å². The topological polar surface area (TPSA) is 70.6 Å². The lowest BCUT2D eigenvalue weighted by atomic mass is 10.0. The van der Waals surface area contributed by atoms with Gasteiger partial charge in [0.1, 0.15) is 5.75 Å². The largest absolute Gasteiger partial charge is 0.495 e. The quantitative estimate of drug-likeness (QED) is 0.742. The molecule has 3 N–H and O–H groups in total. The molecule has 5 nitrogen and oxygen atoms in total. The molecule has 112 valence electrons. The van der Waals surface area contributed by atoms with Crippen molar-refractivity contribution in [3.05, 3.63) is 22.7 Å². The smallest absolute Gasteiger partial charge is 0.319 e. The molecule has 0 aliphatic rings. The minimum absolute atomic E-state index is 0.0821. The van der Waals surface area contributed by atoms with Gasteiger partial charge in [0.15, 0.2) is 0 Å². The van der Waals surface area contributed by atoms with Crippen LogP contribution < -0.4 is 15.4 Å². The van der Waals surface area contributed by atoms with Gasteiger partial charge in [-0.2, -0.15) is 0 Å². The van der Waals surface area contributed by atoms with Crippen LogP contribution in [0.4, 0.5) is 10.5 Å². The van der Waals surface area contributed by atoms with Gasteiger partial charge in [-0.3, -0.25) is 0 Å². The molecule has 1 unspecified atom stereocenters. The number of anilines is 1. The normalized spacial score (nSPS) is 12.1. The van der Waals surface area contributed by atoms with E-state index in [0.29, 0.717) is 17.4 Å². The number of rotatable bonds is 6. The van der Waals surface area contributed by atoms with Crippen LogP contribution in [-0.4, -0.2) is 30.9 Å². The average Bonchev–Trinajstić information content (AvgIpc) is 2.37. The van der Waals surface area contributed by atoms with Gasteiger partial charge in [0.05, 0.1) is 25.4 Å². The van der Waals surface area contributed by atoms with Crippen molar-refractivity contribution in [2.75, 3.05) is 19.0 Å². The molecule has 2 amide bonds. The SMILES string of the molecule is COc1ccc(Br)cc1NC(=O)NC(CO)CC(C)C. The summed E-state index contributed by atoms with van der Waals surface area (Å²) < 4.78 is 6.03. The first kappa shape index (κ1) is 16.8. The van der Waals surface area contributed by atoms with Gasteiger partial charge in [-0.15, -0.1) is 0 Å². The highest BCUT2D eigenvalue weighted by atomic mass is 79.9. The number of aliphatic hydroxyl groups is 1. The fraction of sp³-hybridized carbons (Fsp3) is 0.500. The highest BCUT2D eigenvalue weighted by Gasteiger charge is 2.14. The summed E-state index contributed by atoms with van der Waals surface area (Å²) in [5.74, 6) is 0.973. The Labute approximate surface area is 127 Å². The van der Waals surface area contributed by atoms with Gasteiger partial charge in [-0.05, 0) is 30.5 Å². The molecule has 0 bridgehead atoms. The Bertz CT molecular complexity index is 452. The minimum atomic E-state index is -0.360. The molecule has 0 spiro atoms. The molecule has 0 saturated carbocycles. The van der Waals surface area contributed by atoms with E-state index in [4.69, 9.17) is 4.74 Å². The summed E-state index contributed by atoms with van der Waals surface area (Å²) in [7, 11) is 1.54. The lowest BCUT2D eigenvalue weighted by molar-refractivity contribution is 0.214. The third-order valence-electron chi connectivity index (χ3n) is 2.72. The lowest BCUT2D eigenvalue weighted by Crippen LogP contribution is -2.41. The molecule has 1 aromatic rings. The first-order valence-electron chi connectivity index (χ1n) is 6.48. The molecule has 0 fully saturated rings. The van der Waals surface area contributed by atoms with Crippen molar-refractivity contribution < 1.29 is 14.6 Å². The number of hydrogen-bond donors (Lipinski definition) is 3. The zero-order valence-corrected chi connectivity index (χ0v) is 13.5. The second-order valence-corrected chi connectivity index (χ2v) is 5.87. The minimum Gasteiger partial charge on any atom is -0.495 e. The van der Waals surface area contributed by atoms with Crippen LogP contribution in [0.3, 0.4) is 0 Å². The monoisotopic (exact) mass is 344 g/mol. The maximum atomic E-state index is 11.9. The highest BCUT2D eigenvalue weighted by molar-refractivity contribution is 9.10. The van der Waals surface area contributed by atoms with Crippen molar-refractivity contribution in [2.24, 2.45) is 5.92 Å². The number of aliphatic hydroxyl groups excluding tert-OH is 1. The number of nitrogens with one attached hydrogen (secondary N) is 2. The molecule has 6 heteroatoms. The molecular weight excluding hydrogens is 324 g/mol. The van der Waals surface area contributed by atoms with E-state index in [9.17, 15) is 9.90 Å². The molecule has 0 heterocycles. The van der Waals surface area contributed by atoms with Gasteiger partial charge >= 0.3 is 6.03 Å². The van der Waals surface area contributed by atoms with Crippen LogP contribution in [0.2, 0.25) is 0 Å². The lowest BCUT2D eigenvalue weighted by Gasteiger charge is -2.19. The standard InChI is InChI=1S/C14H21BrN2O3/c1-9(2)6-11(8-18)16-14(19)17-12-7-10(15)4-5-13(12)20-3/h4-5,7,9,11,18H,6,8H2,1-3H3,(H2,16,17,19). The number of methoxy groups -OCH3 is 1. The molecule has 1 atom stereocenters. The van der Waals surface area contributed by atoms with Crippen molar-refractivity contribution in [3.63, 3.8) is 0 Å². The number of benzene rings is 1. The van der Waals surface area contributed by atoms with Crippen LogP contribution in [0.1, 0.15) is 20.3 Å². The summed E-state index contributed by atoms with van der Waals surface area (Å²) >= 11 is 3.35. The fourth-order valence-corrected chi connectivity index (χ4v) is 2.23. The number of urea groups is 1. The second-order valence-electron chi connectivity index (χ2n) is 4.95. The third kappa shape index (κ3) is 5.38. The Morgan fingerprint density at radius 1 is 1.45 bits per heavy atom. The summed E-state index contributed by atoms with van der Waals surface area (Å²) in [6, 6.07) is 4.73. The van der Waals surface area contributed by atoms with Gasteiger partial charge < -0.3 is 20.5 Å². The van der Waals surface area contributed by atoms with E-state index in [1.807, 2.05) is 19.9 Å². The number of carbonyl (C=O) groups is 1. The molecule has 0 aromatic heterocycles. The predicted molar refractivity (Wildman–Crippen MR) is 83.2 cm³/mol. The van der Waals surface area contributed by atoms with Gasteiger partial charge in [0, 0.05) is 4.47 Å². The van der Waals surface area contributed by atoms with Crippen LogP contribution in [0.25, 0.3) is 0 Å². The van der Waals surface area contributed by atoms with Gasteiger partial charge in [0.2, 0.25) is 0 Å². The van der Waals surface area contributed by atoms with Gasteiger partial charge in [-0.25, -0.2) is 4.79 Å². The van der Waals surface area contributed by atoms with Crippen LogP contribution >= 0.6 is 15.9 Å². The molecule has 0 aliphatic heterocycles. The zero-order valence-electron chi connectivity index (χ0n) is 11.9. The molecule has 0 radical (unpaired) electrons. The molecule has 1 aromatic carbocycles.